The first-order valence-electron chi connectivity index (χ1n) is 10.3. The van der Waals surface area contributed by atoms with E-state index in [1.807, 2.05) is 6.92 Å². The average molecular weight is 477 g/mol. The Morgan fingerprint density at radius 3 is 2.55 bits per heavy atom. The molecule has 0 bridgehead atoms. The average Bonchev–Trinajstić information content (AvgIpc) is 2.76. The van der Waals surface area contributed by atoms with Crippen LogP contribution in [0.15, 0.2) is 47.4 Å². The van der Waals surface area contributed by atoms with Crippen molar-refractivity contribution in [2.45, 2.75) is 25.7 Å². The number of hydrogen-bond donors (Lipinski definition) is 2. The zero-order valence-corrected chi connectivity index (χ0v) is 19.0. The molecule has 3 aromatic rings. The monoisotopic (exact) mass is 477 g/mol. The number of benzene rings is 2. The van der Waals surface area contributed by atoms with E-state index in [1.165, 1.54) is 23.1 Å². The van der Waals surface area contributed by atoms with Gasteiger partial charge in [0.2, 0.25) is 5.43 Å². The Kier molecular flexibility index (Phi) is 7.87. The topological polar surface area (TPSA) is 86.3 Å². The van der Waals surface area contributed by atoms with Gasteiger partial charge in [0.1, 0.15) is 5.82 Å². The van der Waals surface area contributed by atoms with E-state index in [9.17, 15) is 27.9 Å². The molecule has 2 atom stereocenters. The van der Waals surface area contributed by atoms with E-state index in [0.717, 1.165) is 18.3 Å². The molecule has 0 saturated heterocycles. The highest BCUT2D eigenvalue weighted by Crippen LogP contribution is 2.30. The van der Waals surface area contributed by atoms with Crippen LogP contribution in [0.4, 0.5) is 13.2 Å². The summed E-state index contributed by atoms with van der Waals surface area (Å²) in [7, 11) is 2.40. The lowest BCUT2D eigenvalue weighted by atomic mass is 9.88. The van der Waals surface area contributed by atoms with Gasteiger partial charge in [-0.3, -0.25) is 14.7 Å². The first-order chi connectivity index (χ1) is 15.7. The highest BCUT2D eigenvalue weighted by Gasteiger charge is 2.24. The fourth-order valence-electron chi connectivity index (χ4n) is 3.66. The van der Waals surface area contributed by atoms with Gasteiger partial charge in [0.15, 0.2) is 23.1 Å². The predicted octanol–water partition coefficient (Wildman–Crippen LogP) is 3.47. The number of H-pyrrole nitrogens is 1. The number of hydrogen-bond acceptors (Lipinski definition) is 4. The van der Waals surface area contributed by atoms with E-state index >= 15 is 0 Å². The molecule has 1 aromatic heterocycles. The second kappa shape index (κ2) is 10.6. The summed E-state index contributed by atoms with van der Waals surface area (Å²) in [5.41, 5.74) is -0.169. The van der Waals surface area contributed by atoms with Crippen molar-refractivity contribution in [1.29, 1.82) is 0 Å². The summed E-state index contributed by atoms with van der Waals surface area (Å²) in [6.45, 7) is 2.29. The zero-order chi connectivity index (χ0) is 24.1. The van der Waals surface area contributed by atoms with Crippen LogP contribution in [0.1, 0.15) is 47.3 Å². The molecular formula is C23H23F3N3O3P. The van der Waals surface area contributed by atoms with Crippen LogP contribution in [0, 0.1) is 17.5 Å². The van der Waals surface area contributed by atoms with E-state index in [-0.39, 0.29) is 18.7 Å². The van der Waals surface area contributed by atoms with Gasteiger partial charge < -0.3 is 10.0 Å². The van der Waals surface area contributed by atoms with Gasteiger partial charge in [-0.1, -0.05) is 19.1 Å². The minimum atomic E-state index is -1.03. The van der Waals surface area contributed by atoms with Crippen LogP contribution in [0.2, 0.25) is 0 Å². The Labute approximate surface area is 190 Å². The van der Waals surface area contributed by atoms with Crippen molar-refractivity contribution in [2.24, 2.45) is 0 Å². The van der Waals surface area contributed by atoms with Crippen LogP contribution in [0.25, 0.3) is 0 Å². The lowest BCUT2D eigenvalue weighted by Crippen LogP contribution is -2.35. The Bertz CT molecular complexity index is 1200. The van der Waals surface area contributed by atoms with Crippen molar-refractivity contribution in [3.05, 3.63) is 87.1 Å². The molecule has 2 unspecified atom stereocenters. The molecule has 0 radical (unpaired) electrons. The molecule has 6 nitrogen and oxygen atoms in total. The lowest BCUT2D eigenvalue weighted by Gasteiger charge is -2.26. The lowest BCUT2D eigenvalue weighted by molar-refractivity contribution is 0.0741. The Balaban J connectivity index is 1.95. The standard InChI is InChI=1S/C23H23F3N3O3P/c1-2-6-29(23(32)21-22(31)20(30)12-27-28-21)7-5-17(13-3-4-18(25)19(26)10-13)14-8-15(24)11-16(33)9-14/h3-4,8-12,17H,2,5-7,33H2,1H3,(H,27,31)(H,28,30). The maximum atomic E-state index is 14.1. The highest BCUT2D eigenvalue weighted by atomic mass is 31.0. The summed E-state index contributed by atoms with van der Waals surface area (Å²) in [5.74, 6) is -4.42. The van der Waals surface area contributed by atoms with Crippen LogP contribution in [-0.2, 0) is 0 Å². The van der Waals surface area contributed by atoms with Gasteiger partial charge in [-0.05, 0) is 53.5 Å². The number of amides is 1. The molecule has 2 N–H and O–H groups in total. The molecule has 174 valence electrons. The number of rotatable bonds is 8. The Morgan fingerprint density at radius 1 is 1.12 bits per heavy atom. The third kappa shape index (κ3) is 5.79. The van der Waals surface area contributed by atoms with Gasteiger partial charge in [0, 0.05) is 19.0 Å². The fraction of sp³-hybridized carbons (Fsp3) is 0.261. The second-order valence-corrected chi connectivity index (χ2v) is 8.25. The molecule has 0 aliphatic carbocycles. The van der Waals surface area contributed by atoms with Gasteiger partial charge in [-0.25, -0.2) is 13.2 Å². The van der Waals surface area contributed by atoms with Crippen molar-refractivity contribution in [1.82, 2.24) is 15.1 Å². The van der Waals surface area contributed by atoms with Crippen molar-refractivity contribution < 1.29 is 23.1 Å². The van der Waals surface area contributed by atoms with E-state index < -0.39 is 40.5 Å². The summed E-state index contributed by atoms with van der Waals surface area (Å²) >= 11 is 0. The number of nitrogens with one attached hydrogen (secondary N) is 1. The van der Waals surface area contributed by atoms with Crippen LogP contribution in [-0.4, -0.2) is 39.2 Å². The third-order valence-corrected chi connectivity index (χ3v) is 5.53. The Hall–Kier alpha value is -3.19. The summed E-state index contributed by atoms with van der Waals surface area (Å²) in [4.78, 5) is 26.1. The van der Waals surface area contributed by atoms with Gasteiger partial charge in [-0.15, -0.1) is 9.24 Å². The quantitative estimate of drug-likeness (QED) is 0.487. The van der Waals surface area contributed by atoms with Crippen LogP contribution < -0.4 is 10.7 Å². The zero-order valence-electron chi connectivity index (χ0n) is 17.8. The largest absolute Gasteiger partial charge is 0.502 e. The number of halogens is 3. The minimum Gasteiger partial charge on any atom is -0.502 e. The van der Waals surface area contributed by atoms with E-state index in [0.29, 0.717) is 29.4 Å². The molecule has 0 aliphatic rings. The summed E-state index contributed by atoms with van der Waals surface area (Å²) in [6, 6.07) is 7.85. The highest BCUT2D eigenvalue weighted by molar-refractivity contribution is 7.27. The molecule has 0 aliphatic heterocycles. The number of carbonyl (C=O) groups excluding carboxylic acids is 1. The van der Waals surface area contributed by atoms with Crippen molar-refractivity contribution in [2.75, 3.05) is 13.1 Å². The normalized spacial score (nSPS) is 11.9. The Morgan fingerprint density at radius 2 is 1.88 bits per heavy atom. The van der Waals surface area contributed by atoms with Crippen molar-refractivity contribution >= 4 is 20.5 Å². The predicted molar refractivity (Wildman–Crippen MR) is 121 cm³/mol. The molecular weight excluding hydrogens is 454 g/mol. The minimum absolute atomic E-state index is 0.134. The number of aromatic hydroxyl groups is 1. The van der Waals surface area contributed by atoms with Crippen LogP contribution >= 0.6 is 9.24 Å². The van der Waals surface area contributed by atoms with Crippen molar-refractivity contribution in [3.63, 3.8) is 0 Å². The van der Waals surface area contributed by atoms with Gasteiger partial charge in [0.25, 0.3) is 5.91 Å². The molecule has 1 amide bonds. The number of aromatic amines is 1. The van der Waals surface area contributed by atoms with Gasteiger partial charge in [-0.2, -0.15) is 5.10 Å². The third-order valence-electron chi connectivity index (χ3n) is 5.20. The molecule has 3 rings (SSSR count). The smallest absolute Gasteiger partial charge is 0.275 e. The molecule has 1 heterocycles. The maximum absolute atomic E-state index is 14.1. The number of nitrogens with zero attached hydrogens (tertiary/aromatic N) is 2. The van der Waals surface area contributed by atoms with E-state index in [4.69, 9.17) is 0 Å². The van der Waals surface area contributed by atoms with Crippen LogP contribution in [0.5, 0.6) is 5.75 Å². The molecule has 2 aromatic carbocycles. The van der Waals surface area contributed by atoms with Crippen molar-refractivity contribution in [3.8, 4) is 5.75 Å². The summed E-state index contributed by atoms with van der Waals surface area (Å²) in [6.07, 6.45) is 1.69. The van der Waals surface area contributed by atoms with Gasteiger partial charge in [0.05, 0.1) is 6.20 Å². The van der Waals surface area contributed by atoms with Crippen LogP contribution in [0.3, 0.4) is 0 Å². The number of aromatic nitrogens is 2. The first-order valence-corrected chi connectivity index (χ1v) is 10.9. The molecule has 10 heteroatoms. The molecule has 33 heavy (non-hydrogen) atoms. The first kappa shape index (κ1) is 24.5. The summed E-state index contributed by atoms with van der Waals surface area (Å²) < 4.78 is 41.6. The van der Waals surface area contributed by atoms with Gasteiger partial charge >= 0.3 is 0 Å². The molecule has 0 saturated carbocycles. The van der Waals surface area contributed by atoms with E-state index in [2.05, 4.69) is 19.4 Å². The van der Waals surface area contributed by atoms with E-state index in [1.54, 1.807) is 6.07 Å². The molecule has 0 fully saturated rings. The maximum Gasteiger partial charge on any atom is 0.275 e. The molecule has 0 spiro atoms. The number of carbonyl (C=O) groups is 1. The summed E-state index contributed by atoms with van der Waals surface area (Å²) in [5, 5.41) is 16.5. The SMILES string of the molecule is CCCN(CCC(c1cc(F)cc(P)c1)c1ccc(F)c(F)c1)C(=O)c1[nH]ncc(=O)c1O. The fourth-order valence-corrected chi connectivity index (χ4v) is 4.01. The second-order valence-electron chi connectivity index (χ2n) is 7.58.